The highest BCUT2D eigenvalue weighted by Gasteiger charge is 2.36. The van der Waals surface area contributed by atoms with Crippen LogP contribution in [0.15, 0.2) is 18.2 Å². The van der Waals surface area contributed by atoms with Gasteiger partial charge in [0, 0.05) is 5.75 Å². The number of nitrogens with zero attached hydrogens (tertiary/aromatic N) is 1. The van der Waals surface area contributed by atoms with Crippen molar-refractivity contribution < 1.29 is 23.3 Å². The van der Waals surface area contributed by atoms with Gasteiger partial charge in [0.15, 0.2) is 6.10 Å². The smallest absolute Gasteiger partial charge is 0.415 e. The first-order chi connectivity index (χ1) is 11.0. The molecule has 0 spiro atoms. The lowest BCUT2D eigenvalue weighted by Gasteiger charge is -2.18. The van der Waals surface area contributed by atoms with Crippen molar-refractivity contribution in [3.8, 4) is 0 Å². The summed E-state index contributed by atoms with van der Waals surface area (Å²) in [6.07, 6.45) is -0.338. The Morgan fingerprint density at radius 1 is 1.61 bits per heavy atom. The molecule has 1 aliphatic rings. The SMILES string of the molecule is CCC(CCSO)c1ccc(N2CC(C(N)=O)OC2=O)cc1F. The van der Waals surface area contributed by atoms with Crippen LogP contribution in [0.2, 0.25) is 0 Å². The molecule has 2 amide bonds. The highest BCUT2D eigenvalue weighted by Crippen LogP contribution is 2.30. The summed E-state index contributed by atoms with van der Waals surface area (Å²) in [5.74, 6) is -0.635. The third-order valence-corrected chi connectivity index (χ3v) is 4.33. The van der Waals surface area contributed by atoms with Crippen LogP contribution in [-0.4, -0.2) is 35.0 Å². The average molecular weight is 342 g/mol. The van der Waals surface area contributed by atoms with E-state index in [2.05, 4.69) is 0 Å². The van der Waals surface area contributed by atoms with Crippen LogP contribution in [0.1, 0.15) is 31.2 Å². The standard InChI is InChI=1S/C15H19FN2O4S/c1-2-9(5-6-23-21)11-4-3-10(7-12(11)16)18-8-13(14(17)19)22-15(18)20/h3-4,7,9,13,21H,2,5-6,8H2,1H3,(H2,17,19). The monoisotopic (exact) mass is 342 g/mol. The van der Waals surface area contributed by atoms with Gasteiger partial charge in [-0.05, 0) is 48.5 Å². The van der Waals surface area contributed by atoms with Crippen LogP contribution < -0.4 is 10.6 Å². The van der Waals surface area contributed by atoms with E-state index >= 15 is 0 Å². The predicted octanol–water partition coefficient (Wildman–Crippen LogP) is 2.73. The quantitative estimate of drug-likeness (QED) is 0.743. The Balaban J connectivity index is 2.19. The molecule has 0 aliphatic carbocycles. The Morgan fingerprint density at radius 3 is 2.87 bits per heavy atom. The van der Waals surface area contributed by atoms with Crippen LogP contribution in [0, 0.1) is 5.82 Å². The van der Waals surface area contributed by atoms with Crippen molar-refractivity contribution in [2.75, 3.05) is 17.2 Å². The van der Waals surface area contributed by atoms with E-state index in [1.165, 1.54) is 11.0 Å². The van der Waals surface area contributed by atoms with Gasteiger partial charge in [-0.2, -0.15) is 0 Å². The summed E-state index contributed by atoms with van der Waals surface area (Å²) >= 11 is 0.737. The Hall–Kier alpha value is -1.80. The molecule has 0 saturated carbocycles. The number of hydrogen-bond donors (Lipinski definition) is 2. The van der Waals surface area contributed by atoms with Gasteiger partial charge in [0.2, 0.25) is 0 Å². The van der Waals surface area contributed by atoms with Crippen molar-refractivity contribution in [3.63, 3.8) is 0 Å². The number of primary amides is 1. The van der Waals surface area contributed by atoms with Crippen LogP contribution in [0.4, 0.5) is 14.9 Å². The molecule has 1 fully saturated rings. The molecule has 2 unspecified atom stereocenters. The molecule has 1 aromatic carbocycles. The molecule has 1 aromatic rings. The second kappa shape index (κ2) is 7.65. The van der Waals surface area contributed by atoms with E-state index in [1.54, 1.807) is 12.1 Å². The fourth-order valence-electron chi connectivity index (χ4n) is 2.61. The third kappa shape index (κ3) is 3.94. The minimum Gasteiger partial charge on any atom is -0.434 e. The largest absolute Gasteiger partial charge is 0.434 e. The molecule has 1 heterocycles. The molecule has 23 heavy (non-hydrogen) atoms. The lowest BCUT2D eigenvalue weighted by Crippen LogP contribution is -2.32. The van der Waals surface area contributed by atoms with Gasteiger partial charge in [-0.1, -0.05) is 13.0 Å². The number of anilines is 1. The maximum absolute atomic E-state index is 14.4. The van der Waals surface area contributed by atoms with E-state index in [4.69, 9.17) is 15.0 Å². The topological polar surface area (TPSA) is 92.9 Å². The number of carbonyl (C=O) groups is 2. The molecular formula is C15H19FN2O4S. The minimum absolute atomic E-state index is 0.00685. The highest BCUT2D eigenvalue weighted by molar-refractivity contribution is 7.93. The van der Waals surface area contributed by atoms with Crippen LogP contribution in [0.25, 0.3) is 0 Å². The maximum Gasteiger partial charge on any atom is 0.415 e. The second-order valence-corrected chi connectivity index (χ2v) is 5.98. The number of hydrogen-bond acceptors (Lipinski definition) is 5. The molecule has 126 valence electrons. The zero-order valence-corrected chi connectivity index (χ0v) is 13.5. The van der Waals surface area contributed by atoms with Crippen molar-refractivity contribution in [2.24, 2.45) is 5.73 Å². The summed E-state index contributed by atoms with van der Waals surface area (Å²) in [5.41, 5.74) is 5.99. The summed E-state index contributed by atoms with van der Waals surface area (Å²) < 4.78 is 28.1. The predicted molar refractivity (Wildman–Crippen MR) is 85.9 cm³/mol. The normalized spacial score (nSPS) is 18.8. The van der Waals surface area contributed by atoms with Gasteiger partial charge in [0.05, 0.1) is 12.2 Å². The molecule has 1 aliphatic heterocycles. The lowest BCUT2D eigenvalue weighted by atomic mass is 9.93. The molecule has 2 rings (SSSR count). The fraction of sp³-hybridized carbons (Fsp3) is 0.467. The van der Waals surface area contributed by atoms with Crippen LogP contribution in [-0.2, 0) is 9.53 Å². The molecule has 0 bridgehead atoms. The molecule has 6 nitrogen and oxygen atoms in total. The number of carbonyl (C=O) groups excluding carboxylic acids is 2. The number of halogens is 1. The maximum atomic E-state index is 14.4. The van der Waals surface area contributed by atoms with Crippen LogP contribution in [0.3, 0.4) is 0 Å². The summed E-state index contributed by atoms with van der Waals surface area (Å²) in [4.78, 5) is 24.0. The first-order valence-corrected chi connectivity index (χ1v) is 8.25. The molecule has 8 heteroatoms. The zero-order valence-electron chi connectivity index (χ0n) is 12.7. The van der Waals surface area contributed by atoms with Gasteiger partial charge >= 0.3 is 6.09 Å². The molecule has 3 N–H and O–H groups in total. The number of cyclic esters (lactones) is 1. The molecular weight excluding hydrogens is 323 g/mol. The summed E-state index contributed by atoms with van der Waals surface area (Å²) in [6, 6.07) is 4.51. The zero-order chi connectivity index (χ0) is 17.0. The van der Waals surface area contributed by atoms with Crippen molar-refractivity contribution in [1.29, 1.82) is 0 Å². The van der Waals surface area contributed by atoms with Crippen molar-refractivity contribution >= 4 is 29.7 Å². The van der Waals surface area contributed by atoms with Gasteiger partial charge in [-0.25, -0.2) is 9.18 Å². The van der Waals surface area contributed by atoms with E-state index in [0.29, 0.717) is 23.4 Å². The molecule has 0 aromatic heterocycles. The fourth-order valence-corrected chi connectivity index (χ4v) is 3.00. The second-order valence-electron chi connectivity index (χ2n) is 5.32. The molecule has 2 atom stereocenters. The number of rotatable bonds is 7. The Labute approximate surface area is 138 Å². The van der Waals surface area contributed by atoms with Crippen LogP contribution >= 0.6 is 12.0 Å². The van der Waals surface area contributed by atoms with Crippen molar-refractivity contribution in [3.05, 3.63) is 29.6 Å². The van der Waals surface area contributed by atoms with Gasteiger partial charge in [0.1, 0.15) is 5.82 Å². The van der Waals surface area contributed by atoms with E-state index in [9.17, 15) is 14.0 Å². The van der Waals surface area contributed by atoms with E-state index in [-0.39, 0.29) is 12.5 Å². The van der Waals surface area contributed by atoms with E-state index in [0.717, 1.165) is 18.5 Å². The summed E-state index contributed by atoms with van der Waals surface area (Å²) in [5, 5.41) is 0. The van der Waals surface area contributed by atoms with Gasteiger partial charge in [0.25, 0.3) is 5.91 Å². The minimum atomic E-state index is -1.02. The Bertz CT molecular complexity index is 599. The first kappa shape index (κ1) is 17.6. The Kier molecular flexibility index (Phi) is 5.84. The molecule has 1 saturated heterocycles. The number of nitrogens with two attached hydrogens (primary N) is 1. The number of benzene rings is 1. The van der Waals surface area contributed by atoms with Crippen molar-refractivity contribution in [2.45, 2.75) is 31.8 Å². The third-order valence-electron chi connectivity index (χ3n) is 3.92. The number of amides is 2. The first-order valence-electron chi connectivity index (χ1n) is 7.31. The van der Waals surface area contributed by atoms with Gasteiger partial charge in [-0.3, -0.25) is 9.69 Å². The molecule has 0 radical (unpaired) electrons. The van der Waals surface area contributed by atoms with E-state index in [1.807, 2.05) is 6.92 Å². The highest BCUT2D eigenvalue weighted by atomic mass is 32.2. The van der Waals surface area contributed by atoms with Crippen molar-refractivity contribution in [1.82, 2.24) is 0 Å². The summed E-state index contributed by atoms with van der Waals surface area (Å²) in [6.45, 7) is 1.93. The van der Waals surface area contributed by atoms with E-state index < -0.39 is 23.9 Å². The lowest BCUT2D eigenvalue weighted by molar-refractivity contribution is -0.124. The average Bonchev–Trinajstić information content (AvgIpc) is 2.91. The van der Waals surface area contributed by atoms with Gasteiger partial charge < -0.3 is 15.0 Å². The van der Waals surface area contributed by atoms with Crippen LogP contribution in [0.5, 0.6) is 0 Å². The Morgan fingerprint density at radius 2 is 2.35 bits per heavy atom. The summed E-state index contributed by atoms with van der Waals surface area (Å²) in [7, 11) is 0. The van der Waals surface area contributed by atoms with Gasteiger partial charge in [-0.15, -0.1) is 0 Å². The number of ether oxygens (including phenoxy) is 1.